The third kappa shape index (κ3) is 6.94. The van der Waals surface area contributed by atoms with Gasteiger partial charge in [0.05, 0.1) is 0 Å². The predicted molar refractivity (Wildman–Crippen MR) is 75.7 cm³/mol. The average molecular weight is 265 g/mol. The molecule has 1 unspecified atom stereocenters. The molecule has 4 nitrogen and oxygen atoms in total. The molecule has 1 atom stereocenters. The number of hydrogen-bond acceptors (Lipinski definition) is 4. The second-order valence-corrected chi connectivity index (χ2v) is 4.56. The Morgan fingerprint density at radius 3 is 2.68 bits per heavy atom. The van der Waals surface area contributed by atoms with Gasteiger partial charge < -0.3 is 15.2 Å². The number of aliphatic hydroxyl groups is 1. The zero-order valence-corrected chi connectivity index (χ0v) is 11.5. The molecule has 0 radical (unpaired) electrons. The Morgan fingerprint density at radius 1 is 1.32 bits per heavy atom. The van der Waals surface area contributed by atoms with Crippen LogP contribution in [0.3, 0.4) is 0 Å². The molecule has 0 heterocycles. The highest BCUT2D eigenvalue weighted by Gasteiger charge is 2.04. The minimum Gasteiger partial charge on any atom is -0.491 e. The Bertz CT molecular complexity index is 351. The summed E-state index contributed by atoms with van der Waals surface area (Å²) in [6.07, 6.45) is 3.82. The minimum atomic E-state index is -0.521. The highest BCUT2D eigenvalue weighted by atomic mass is 16.5. The van der Waals surface area contributed by atoms with Crippen LogP contribution in [0.4, 0.5) is 0 Å². The van der Waals surface area contributed by atoms with Crippen molar-refractivity contribution < 1.29 is 14.6 Å². The Hall–Kier alpha value is -1.39. The van der Waals surface area contributed by atoms with Gasteiger partial charge >= 0.3 is 0 Å². The molecule has 0 aliphatic heterocycles. The van der Waals surface area contributed by atoms with Crippen molar-refractivity contribution in [2.75, 3.05) is 19.7 Å². The molecule has 1 aromatic carbocycles. The van der Waals surface area contributed by atoms with Crippen molar-refractivity contribution in [3.05, 3.63) is 29.8 Å². The van der Waals surface area contributed by atoms with E-state index in [0.717, 1.165) is 19.3 Å². The van der Waals surface area contributed by atoms with Gasteiger partial charge in [-0.05, 0) is 37.2 Å². The molecule has 0 amide bonds. The summed E-state index contributed by atoms with van der Waals surface area (Å²) in [5.41, 5.74) is 0.616. The number of aldehydes is 1. The highest BCUT2D eigenvalue weighted by Crippen LogP contribution is 2.11. The number of carbonyl (C=O) groups is 1. The van der Waals surface area contributed by atoms with Crippen molar-refractivity contribution in [2.45, 2.75) is 32.3 Å². The Kier molecular flexibility index (Phi) is 7.86. The molecular weight excluding hydrogens is 242 g/mol. The van der Waals surface area contributed by atoms with E-state index in [0.29, 0.717) is 17.9 Å². The lowest BCUT2D eigenvalue weighted by molar-refractivity contribution is 0.106. The Morgan fingerprint density at radius 2 is 2.05 bits per heavy atom. The predicted octanol–water partition coefficient (Wildman–Crippen LogP) is 2.02. The molecule has 0 spiro atoms. The smallest absolute Gasteiger partial charge is 0.150 e. The molecule has 0 bridgehead atoms. The first kappa shape index (κ1) is 15.7. The second-order valence-electron chi connectivity index (χ2n) is 4.56. The lowest BCUT2D eigenvalue weighted by Gasteiger charge is -2.13. The molecule has 2 N–H and O–H groups in total. The number of nitrogens with one attached hydrogen (secondary N) is 1. The third-order valence-corrected chi connectivity index (χ3v) is 2.80. The molecule has 0 fully saturated rings. The summed E-state index contributed by atoms with van der Waals surface area (Å²) in [7, 11) is 0. The van der Waals surface area contributed by atoms with Gasteiger partial charge in [0.25, 0.3) is 0 Å². The molecule has 106 valence electrons. The maximum absolute atomic E-state index is 10.5. The van der Waals surface area contributed by atoms with Crippen LogP contribution in [0.2, 0.25) is 0 Å². The van der Waals surface area contributed by atoms with Gasteiger partial charge in [-0.1, -0.05) is 19.8 Å². The number of hydrogen-bond donors (Lipinski definition) is 2. The molecule has 0 aromatic heterocycles. The van der Waals surface area contributed by atoms with Gasteiger partial charge in [-0.15, -0.1) is 0 Å². The van der Waals surface area contributed by atoms with E-state index in [1.165, 1.54) is 12.8 Å². The molecule has 4 heteroatoms. The van der Waals surface area contributed by atoms with E-state index < -0.39 is 6.10 Å². The number of aliphatic hydroxyl groups excluding tert-OH is 1. The first-order valence-electron chi connectivity index (χ1n) is 6.83. The van der Waals surface area contributed by atoms with E-state index in [9.17, 15) is 9.90 Å². The quantitative estimate of drug-likeness (QED) is 0.502. The third-order valence-electron chi connectivity index (χ3n) is 2.80. The molecule has 1 rings (SSSR count). The maximum atomic E-state index is 10.5. The van der Waals surface area contributed by atoms with Crippen molar-refractivity contribution in [1.29, 1.82) is 0 Å². The van der Waals surface area contributed by atoms with Gasteiger partial charge in [-0.2, -0.15) is 0 Å². The fraction of sp³-hybridized carbons (Fsp3) is 0.533. The summed E-state index contributed by atoms with van der Waals surface area (Å²) in [6, 6.07) is 6.84. The number of ether oxygens (including phenoxy) is 1. The van der Waals surface area contributed by atoms with Crippen LogP contribution in [0.15, 0.2) is 24.3 Å². The van der Waals surface area contributed by atoms with Crippen LogP contribution in [-0.2, 0) is 0 Å². The van der Waals surface area contributed by atoms with E-state index in [4.69, 9.17) is 4.74 Å². The summed E-state index contributed by atoms with van der Waals surface area (Å²) in [5, 5.41) is 12.9. The van der Waals surface area contributed by atoms with E-state index in [-0.39, 0.29) is 6.61 Å². The number of carbonyl (C=O) groups excluding carboxylic acids is 1. The zero-order valence-electron chi connectivity index (χ0n) is 11.5. The van der Waals surface area contributed by atoms with Crippen molar-refractivity contribution in [1.82, 2.24) is 5.32 Å². The van der Waals surface area contributed by atoms with E-state index >= 15 is 0 Å². The number of benzene rings is 1. The average Bonchev–Trinajstić information content (AvgIpc) is 2.45. The van der Waals surface area contributed by atoms with Gasteiger partial charge in [0.15, 0.2) is 0 Å². The standard InChI is InChI=1S/C15H23NO3/c1-2-3-4-9-16-10-14(18)12-19-15-7-5-13(11-17)6-8-15/h5-8,11,14,16,18H,2-4,9-10,12H2,1H3. The van der Waals surface area contributed by atoms with Crippen LogP contribution in [-0.4, -0.2) is 37.2 Å². The summed E-state index contributed by atoms with van der Waals surface area (Å²) in [5.74, 6) is 0.663. The fourth-order valence-electron chi connectivity index (χ4n) is 1.66. The van der Waals surface area contributed by atoms with Crippen molar-refractivity contribution in [3.63, 3.8) is 0 Å². The van der Waals surface area contributed by atoms with Gasteiger partial charge in [0.1, 0.15) is 24.7 Å². The van der Waals surface area contributed by atoms with Gasteiger partial charge in [0, 0.05) is 12.1 Å². The zero-order chi connectivity index (χ0) is 13.9. The van der Waals surface area contributed by atoms with Crippen LogP contribution in [0.1, 0.15) is 36.5 Å². The van der Waals surface area contributed by atoms with Crippen LogP contribution in [0.5, 0.6) is 5.75 Å². The van der Waals surface area contributed by atoms with Crippen molar-refractivity contribution >= 4 is 6.29 Å². The molecular formula is C15H23NO3. The lowest BCUT2D eigenvalue weighted by Crippen LogP contribution is -2.32. The first-order valence-corrected chi connectivity index (χ1v) is 6.83. The van der Waals surface area contributed by atoms with Crippen LogP contribution < -0.4 is 10.1 Å². The maximum Gasteiger partial charge on any atom is 0.150 e. The van der Waals surface area contributed by atoms with Gasteiger partial charge in [0.2, 0.25) is 0 Å². The van der Waals surface area contributed by atoms with Gasteiger partial charge in [-0.3, -0.25) is 4.79 Å². The number of unbranched alkanes of at least 4 members (excludes halogenated alkanes) is 2. The Balaban J connectivity index is 2.14. The summed E-state index contributed by atoms with van der Waals surface area (Å²) in [4.78, 5) is 10.5. The first-order chi connectivity index (χ1) is 9.26. The topological polar surface area (TPSA) is 58.6 Å². The van der Waals surface area contributed by atoms with Gasteiger partial charge in [-0.25, -0.2) is 0 Å². The second kappa shape index (κ2) is 9.53. The summed E-state index contributed by atoms with van der Waals surface area (Å²) < 4.78 is 5.44. The molecule has 19 heavy (non-hydrogen) atoms. The minimum absolute atomic E-state index is 0.251. The highest BCUT2D eigenvalue weighted by molar-refractivity contribution is 5.74. The van der Waals surface area contributed by atoms with E-state index in [1.54, 1.807) is 24.3 Å². The lowest BCUT2D eigenvalue weighted by atomic mass is 10.2. The number of rotatable bonds is 10. The molecule has 0 aliphatic rings. The monoisotopic (exact) mass is 265 g/mol. The fourth-order valence-corrected chi connectivity index (χ4v) is 1.66. The molecule has 0 aliphatic carbocycles. The molecule has 1 aromatic rings. The Labute approximate surface area is 114 Å². The van der Waals surface area contributed by atoms with E-state index in [2.05, 4.69) is 12.2 Å². The summed E-state index contributed by atoms with van der Waals surface area (Å²) in [6.45, 7) is 3.88. The molecule has 0 saturated heterocycles. The summed E-state index contributed by atoms with van der Waals surface area (Å²) >= 11 is 0. The van der Waals surface area contributed by atoms with Crippen LogP contribution >= 0.6 is 0 Å². The SMILES string of the molecule is CCCCCNCC(O)COc1ccc(C=O)cc1. The largest absolute Gasteiger partial charge is 0.491 e. The van der Waals surface area contributed by atoms with Crippen molar-refractivity contribution in [2.24, 2.45) is 0 Å². The van der Waals surface area contributed by atoms with E-state index in [1.807, 2.05) is 0 Å². The van der Waals surface area contributed by atoms with Crippen LogP contribution in [0, 0.1) is 0 Å². The van der Waals surface area contributed by atoms with Crippen LogP contribution in [0.25, 0.3) is 0 Å². The molecule has 0 saturated carbocycles. The van der Waals surface area contributed by atoms with Crippen molar-refractivity contribution in [3.8, 4) is 5.75 Å². The normalized spacial score (nSPS) is 12.1.